The Hall–Kier alpha value is -3.01. The van der Waals surface area contributed by atoms with E-state index in [1.807, 2.05) is 30.3 Å². The second-order valence-electron chi connectivity index (χ2n) is 7.48. The molecule has 1 aliphatic rings. The Bertz CT molecular complexity index is 1110. The third-order valence-electron chi connectivity index (χ3n) is 5.20. The predicted octanol–water partition coefficient (Wildman–Crippen LogP) is 2.84. The summed E-state index contributed by atoms with van der Waals surface area (Å²) in [5.41, 5.74) is 8.83. The van der Waals surface area contributed by atoms with E-state index in [1.54, 1.807) is 30.5 Å². The van der Waals surface area contributed by atoms with Crippen LogP contribution in [0.4, 0.5) is 17.3 Å². The normalized spacial score (nSPS) is 14.6. The molecule has 0 bridgehead atoms. The summed E-state index contributed by atoms with van der Waals surface area (Å²) in [6, 6.07) is 15.8. The molecular weight excluding hydrogens is 412 g/mol. The third-order valence-corrected chi connectivity index (χ3v) is 6.68. The second kappa shape index (κ2) is 9.42. The molecule has 2 aromatic carbocycles. The van der Waals surface area contributed by atoms with Gasteiger partial charge in [-0.2, -0.15) is 0 Å². The van der Waals surface area contributed by atoms with E-state index in [9.17, 15) is 8.42 Å². The van der Waals surface area contributed by atoms with Gasteiger partial charge < -0.3 is 16.0 Å². The Balaban J connectivity index is 1.39. The lowest BCUT2D eigenvalue weighted by Gasteiger charge is -2.15. The molecule has 0 spiro atoms. The molecule has 8 nitrogen and oxygen atoms in total. The molecule has 0 atom stereocenters. The van der Waals surface area contributed by atoms with Crippen LogP contribution < -0.4 is 15.8 Å². The van der Waals surface area contributed by atoms with Crippen molar-refractivity contribution < 1.29 is 8.42 Å². The summed E-state index contributed by atoms with van der Waals surface area (Å²) in [4.78, 5) is 11.3. The molecule has 4 rings (SSSR count). The molecule has 4 N–H and O–H groups in total. The molecule has 0 aliphatic carbocycles. The number of nitrogens with two attached hydrogens (primary N) is 1. The number of rotatable bonds is 8. The zero-order chi connectivity index (χ0) is 21.7. The van der Waals surface area contributed by atoms with Gasteiger partial charge in [-0.05, 0) is 68.4 Å². The van der Waals surface area contributed by atoms with Crippen molar-refractivity contribution in [2.75, 3.05) is 37.2 Å². The Morgan fingerprint density at radius 3 is 2.39 bits per heavy atom. The summed E-state index contributed by atoms with van der Waals surface area (Å²) >= 11 is 0. The molecule has 9 heteroatoms. The summed E-state index contributed by atoms with van der Waals surface area (Å²) in [7, 11) is -3.53. The minimum absolute atomic E-state index is 0.232. The molecule has 0 radical (unpaired) electrons. The topological polar surface area (TPSA) is 113 Å². The highest BCUT2D eigenvalue weighted by Crippen LogP contribution is 2.21. The molecule has 1 saturated heterocycles. The number of likely N-dealkylation sites (tertiary alicyclic amines) is 1. The SMILES string of the molecule is Nc1ccc(-c2ccnc(Nc3ccc(S(=O)(=O)NCCN4CCCC4)cc3)n2)cc1. The minimum atomic E-state index is -3.53. The Labute approximate surface area is 182 Å². The maximum atomic E-state index is 12.5. The van der Waals surface area contributed by atoms with Crippen LogP contribution in [-0.4, -0.2) is 49.5 Å². The molecule has 1 fully saturated rings. The van der Waals surface area contributed by atoms with E-state index in [1.165, 1.54) is 12.8 Å². The molecule has 162 valence electrons. The fourth-order valence-electron chi connectivity index (χ4n) is 3.51. The maximum Gasteiger partial charge on any atom is 0.240 e. The first-order valence-corrected chi connectivity index (χ1v) is 11.8. The Kier molecular flexibility index (Phi) is 6.45. The van der Waals surface area contributed by atoms with Crippen LogP contribution in [0.5, 0.6) is 0 Å². The fraction of sp³-hybridized carbons (Fsp3) is 0.273. The van der Waals surface area contributed by atoms with Gasteiger partial charge in [-0.1, -0.05) is 12.1 Å². The molecule has 1 aromatic heterocycles. The zero-order valence-corrected chi connectivity index (χ0v) is 18.0. The van der Waals surface area contributed by atoms with Crippen LogP contribution >= 0.6 is 0 Å². The third kappa shape index (κ3) is 5.57. The number of hydrogen-bond acceptors (Lipinski definition) is 7. The number of nitrogen functional groups attached to an aromatic ring is 1. The van der Waals surface area contributed by atoms with E-state index in [0.717, 1.165) is 30.9 Å². The number of nitrogens with zero attached hydrogens (tertiary/aromatic N) is 3. The first kappa shape index (κ1) is 21.2. The number of anilines is 3. The highest BCUT2D eigenvalue weighted by Gasteiger charge is 2.16. The van der Waals surface area contributed by atoms with Crippen molar-refractivity contribution in [3.63, 3.8) is 0 Å². The van der Waals surface area contributed by atoms with Crippen LogP contribution in [0.25, 0.3) is 11.3 Å². The van der Waals surface area contributed by atoms with Crippen molar-refractivity contribution in [2.45, 2.75) is 17.7 Å². The molecule has 0 saturated carbocycles. The van der Waals surface area contributed by atoms with Crippen LogP contribution in [0.1, 0.15) is 12.8 Å². The van der Waals surface area contributed by atoms with E-state index in [-0.39, 0.29) is 4.90 Å². The monoisotopic (exact) mass is 438 g/mol. The predicted molar refractivity (Wildman–Crippen MR) is 122 cm³/mol. The Morgan fingerprint density at radius 1 is 0.968 bits per heavy atom. The van der Waals surface area contributed by atoms with Crippen LogP contribution in [0.15, 0.2) is 65.7 Å². The van der Waals surface area contributed by atoms with Crippen LogP contribution in [0.3, 0.4) is 0 Å². The van der Waals surface area contributed by atoms with Gasteiger partial charge in [0.15, 0.2) is 0 Å². The van der Waals surface area contributed by atoms with Gasteiger partial charge in [0.1, 0.15) is 0 Å². The number of hydrogen-bond donors (Lipinski definition) is 3. The van der Waals surface area contributed by atoms with E-state index in [2.05, 4.69) is 24.9 Å². The van der Waals surface area contributed by atoms with E-state index < -0.39 is 10.0 Å². The van der Waals surface area contributed by atoms with E-state index in [4.69, 9.17) is 5.73 Å². The minimum Gasteiger partial charge on any atom is -0.399 e. The van der Waals surface area contributed by atoms with Gasteiger partial charge in [-0.15, -0.1) is 0 Å². The van der Waals surface area contributed by atoms with E-state index >= 15 is 0 Å². The van der Waals surface area contributed by atoms with E-state index in [0.29, 0.717) is 23.9 Å². The average molecular weight is 439 g/mol. The van der Waals surface area contributed by atoms with Gasteiger partial charge in [-0.3, -0.25) is 0 Å². The van der Waals surface area contributed by atoms with Crippen molar-refractivity contribution in [3.05, 3.63) is 60.8 Å². The molecular formula is C22H26N6O2S. The van der Waals surface area contributed by atoms with Crippen molar-refractivity contribution in [3.8, 4) is 11.3 Å². The molecule has 3 aromatic rings. The first-order chi connectivity index (χ1) is 15.0. The summed E-state index contributed by atoms with van der Waals surface area (Å²) in [6.07, 6.45) is 4.05. The quantitative estimate of drug-likeness (QED) is 0.464. The van der Waals surface area contributed by atoms with Crippen molar-refractivity contribution in [1.82, 2.24) is 19.6 Å². The second-order valence-corrected chi connectivity index (χ2v) is 9.25. The zero-order valence-electron chi connectivity index (χ0n) is 17.2. The number of nitrogens with one attached hydrogen (secondary N) is 2. The van der Waals surface area contributed by atoms with Gasteiger partial charge in [0, 0.05) is 36.2 Å². The summed E-state index contributed by atoms with van der Waals surface area (Å²) < 4.78 is 27.7. The lowest BCUT2D eigenvalue weighted by molar-refractivity contribution is 0.344. The Morgan fingerprint density at radius 2 is 1.68 bits per heavy atom. The van der Waals surface area contributed by atoms with Gasteiger partial charge >= 0.3 is 0 Å². The van der Waals surface area contributed by atoms with Crippen molar-refractivity contribution >= 4 is 27.3 Å². The van der Waals surface area contributed by atoms with Gasteiger partial charge in [0.25, 0.3) is 0 Å². The molecule has 1 aliphatic heterocycles. The molecule has 0 unspecified atom stereocenters. The largest absolute Gasteiger partial charge is 0.399 e. The highest BCUT2D eigenvalue weighted by atomic mass is 32.2. The average Bonchev–Trinajstić information content (AvgIpc) is 3.28. The van der Waals surface area contributed by atoms with Gasteiger partial charge in [0.05, 0.1) is 10.6 Å². The first-order valence-electron chi connectivity index (χ1n) is 10.3. The standard InChI is InChI=1S/C22H26N6O2S/c23-18-5-3-17(4-6-18)21-11-12-24-22(27-21)26-19-7-9-20(10-8-19)31(29,30)25-13-16-28-14-1-2-15-28/h3-12,25H,1-2,13-16,23H2,(H,24,26,27). The number of aromatic nitrogens is 2. The van der Waals surface area contributed by atoms with Crippen molar-refractivity contribution in [2.24, 2.45) is 0 Å². The lowest BCUT2D eigenvalue weighted by atomic mass is 10.1. The number of sulfonamides is 1. The summed E-state index contributed by atoms with van der Waals surface area (Å²) in [5.74, 6) is 0.425. The van der Waals surface area contributed by atoms with Crippen LogP contribution in [-0.2, 0) is 10.0 Å². The lowest BCUT2D eigenvalue weighted by Crippen LogP contribution is -2.33. The summed E-state index contributed by atoms with van der Waals surface area (Å²) in [6.45, 7) is 3.24. The smallest absolute Gasteiger partial charge is 0.240 e. The molecule has 31 heavy (non-hydrogen) atoms. The van der Waals surface area contributed by atoms with Gasteiger partial charge in [-0.25, -0.2) is 23.1 Å². The van der Waals surface area contributed by atoms with Crippen molar-refractivity contribution in [1.29, 1.82) is 0 Å². The van der Waals surface area contributed by atoms with Gasteiger partial charge in [0.2, 0.25) is 16.0 Å². The van der Waals surface area contributed by atoms with Crippen LogP contribution in [0, 0.1) is 0 Å². The fourth-order valence-corrected chi connectivity index (χ4v) is 4.53. The highest BCUT2D eigenvalue weighted by molar-refractivity contribution is 7.89. The maximum absolute atomic E-state index is 12.5. The number of benzene rings is 2. The molecule has 0 amide bonds. The molecule has 2 heterocycles. The van der Waals surface area contributed by atoms with Crippen LogP contribution in [0.2, 0.25) is 0 Å². The summed E-state index contributed by atoms with van der Waals surface area (Å²) in [5, 5.41) is 3.12.